The number of aryl methyl sites for hydroxylation is 1. The van der Waals surface area contributed by atoms with Gasteiger partial charge in [0.25, 0.3) is 5.56 Å². The van der Waals surface area contributed by atoms with Crippen LogP contribution in [0.5, 0.6) is 0 Å². The van der Waals surface area contributed by atoms with Gasteiger partial charge >= 0.3 is 0 Å². The van der Waals surface area contributed by atoms with Crippen molar-refractivity contribution in [3.8, 4) is 0 Å². The van der Waals surface area contributed by atoms with Crippen LogP contribution in [-0.4, -0.2) is 16.1 Å². The average Bonchev–Trinajstić information content (AvgIpc) is 3.12. The number of anilines is 1. The monoisotopic (exact) mass is 225 g/mol. The molecule has 1 aromatic heterocycles. The fraction of sp³-hybridized carbons (Fsp3) is 0.667. The highest BCUT2D eigenvalue weighted by Crippen LogP contribution is 2.28. The van der Waals surface area contributed by atoms with Gasteiger partial charge in [-0.25, -0.2) is 4.98 Å². The maximum absolute atomic E-state index is 11.5. The van der Waals surface area contributed by atoms with E-state index in [-0.39, 0.29) is 6.99 Å². The molecule has 1 aliphatic carbocycles. The summed E-state index contributed by atoms with van der Waals surface area (Å²) in [6.45, 7) is 6.71. The Kier molecular flexibility index (Phi) is 4.52. The Morgan fingerprint density at radius 1 is 1.56 bits per heavy atom. The molecule has 0 radical (unpaired) electrons. The number of aromatic nitrogens is 2. The molecule has 4 heteroatoms. The van der Waals surface area contributed by atoms with Gasteiger partial charge in [0.05, 0.1) is 0 Å². The molecule has 0 bridgehead atoms. The normalized spacial score (nSPS) is 14.0. The standard InChI is InChI=1S/C10H15N3O.C2H6.H2/c1-7-5-11-10(13(2)9(7)14)12-6-8-3-4-8;1-2;/h5,8H,3-4,6H2,1-2H3,(H,11,12);1-2H3;1H. The maximum atomic E-state index is 11.5. The third-order valence-electron chi connectivity index (χ3n) is 2.59. The van der Waals surface area contributed by atoms with Gasteiger partial charge in [0, 0.05) is 26.8 Å². The summed E-state index contributed by atoms with van der Waals surface area (Å²) in [5, 5.41) is 3.19. The quantitative estimate of drug-likeness (QED) is 0.857. The highest BCUT2D eigenvalue weighted by molar-refractivity contribution is 5.27. The fourth-order valence-corrected chi connectivity index (χ4v) is 1.38. The van der Waals surface area contributed by atoms with Crippen LogP contribution in [0.25, 0.3) is 0 Å². The molecule has 0 amide bonds. The summed E-state index contributed by atoms with van der Waals surface area (Å²) in [6.07, 6.45) is 4.22. The molecule has 0 spiro atoms. The topological polar surface area (TPSA) is 46.9 Å². The molecule has 1 heterocycles. The third kappa shape index (κ3) is 3.08. The van der Waals surface area contributed by atoms with Crippen molar-refractivity contribution in [2.24, 2.45) is 13.0 Å². The van der Waals surface area contributed by atoms with E-state index in [0.29, 0.717) is 11.5 Å². The molecular formula is C12H23N3O. The number of hydrogen-bond acceptors (Lipinski definition) is 3. The van der Waals surface area contributed by atoms with Crippen LogP contribution in [0.2, 0.25) is 0 Å². The van der Waals surface area contributed by atoms with E-state index < -0.39 is 0 Å². The molecule has 0 aliphatic heterocycles. The van der Waals surface area contributed by atoms with Gasteiger partial charge in [-0.05, 0) is 25.7 Å². The van der Waals surface area contributed by atoms with E-state index >= 15 is 0 Å². The first-order valence-electron chi connectivity index (χ1n) is 5.95. The van der Waals surface area contributed by atoms with Crippen molar-refractivity contribution in [2.75, 3.05) is 11.9 Å². The molecule has 2 rings (SSSR count). The SMILES string of the molecule is CC.Cc1cnc(NCC2CC2)n(C)c1=O.[HH]. The molecule has 1 fully saturated rings. The zero-order valence-electron chi connectivity index (χ0n) is 10.6. The Balaban J connectivity index is 0.000000811. The highest BCUT2D eigenvalue weighted by Gasteiger charge is 2.21. The van der Waals surface area contributed by atoms with Crippen molar-refractivity contribution in [3.63, 3.8) is 0 Å². The molecule has 1 saturated carbocycles. The van der Waals surface area contributed by atoms with Gasteiger partial charge in [0.1, 0.15) is 0 Å². The van der Waals surface area contributed by atoms with Gasteiger partial charge in [-0.1, -0.05) is 13.8 Å². The summed E-state index contributed by atoms with van der Waals surface area (Å²) in [7, 11) is 1.75. The molecule has 16 heavy (non-hydrogen) atoms. The summed E-state index contributed by atoms with van der Waals surface area (Å²) < 4.78 is 1.57. The molecule has 4 nitrogen and oxygen atoms in total. The first-order chi connectivity index (χ1) is 7.68. The lowest BCUT2D eigenvalue weighted by Crippen LogP contribution is -2.24. The smallest absolute Gasteiger partial charge is 0.257 e. The van der Waals surface area contributed by atoms with Crippen molar-refractivity contribution in [2.45, 2.75) is 33.6 Å². The fourth-order valence-electron chi connectivity index (χ4n) is 1.38. The van der Waals surface area contributed by atoms with Gasteiger partial charge in [-0.15, -0.1) is 0 Å². The largest absolute Gasteiger partial charge is 0.355 e. The summed E-state index contributed by atoms with van der Waals surface area (Å²) in [4.78, 5) is 15.7. The van der Waals surface area contributed by atoms with Gasteiger partial charge < -0.3 is 5.32 Å². The molecule has 0 unspecified atom stereocenters. The van der Waals surface area contributed by atoms with E-state index in [4.69, 9.17) is 0 Å². The predicted octanol–water partition coefficient (Wildman–Crippen LogP) is 2.18. The molecule has 1 aliphatic rings. The number of rotatable bonds is 3. The maximum Gasteiger partial charge on any atom is 0.257 e. The summed E-state index contributed by atoms with van der Waals surface area (Å²) >= 11 is 0. The van der Waals surface area contributed by atoms with Crippen LogP contribution in [0.3, 0.4) is 0 Å². The van der Waals surface area contributed by atoms with E-state index in [1.54, 1.807) is 24.7 Å². The lowest BCUT2D eigenvalue weighted by Gasteiger charge is -2.09. The first kappa shape index (κ1) is 12.7. The van der Waals surface area contributed by atoms with Gasteiger partial charge in [0.2, 0.25) is 5.95 Å². The Bertz CT molecular complexity index is 399. The Morgan fingerprint density at radius 2 is 2.19 bits per heavy atom. The van der Waals surface area contributed by atoms with Crippen LogP contribution in [-0.2, 0) is 7.05 Å². The van der Waals surface area contributed by atoms with E-state index in [9.17, 15) is 4.79 Å². The zero-order valence-corrected chi connectivity index (χ0v) is 10.6. The lowest BCUT2D eigenvalue weighted by atomic mass is 10.4. The van der Waals surface area contributed by atoms with Crippen LogP contribution in [0.4, 0.5) is 5.95 Å². The summed E-state index contributed by atoms with van der Waals surface area (Å²) in [5.41, 5.74) is 0.711. The summed E-state index contributed by atoms with van der Waals surface area (Å²) in [6, 6.07) is 0. The van der Waals surface area contributed by atoms with Crippen molar-refractivity contribution in [1.82, 2.24) is 9.55 Å². The first-order valence-corrected chi connectivity index (χ1v) is 5.95. The van der Waals surface area contributed by atoms with Gasteiger partial charge in [-0.2, -0.15) is 0 Å². The van der Waals surface area contributed by atoms with Gasteiger partial charge in [-0.3, -0.25) is 9.36 Å². The lowest BCUT2D eigenvalue weighted by molar-refractivity contribution is 0.788. The van der Waals surface area contributed by atoms with E-state index in [1.807, 2.05) is 13.8 Å². The average molecular weight is 225 g/mol. The molecule has 0 saturated heterocycles. The summed E-state index contributed by atoms with van der Waals surface area (Å²) in [5.74, 6) is 1.46. The van der Waals surface area contributed by atoms with Crippen molar-refractivity contribution in [3.05, 3.63) is 22.1 Å². The van der Waals surface area contributed by atoms with Crippen LogP contribution in [0, 0.1) is 12.8 Å². The van der Waals surface area contributed by atoms with Crippen LogP contribution in [0.1, 0.15) is 33.7 Å². The van der Waals surface area contributed by atoms with Crippen LogP contribution >= 0.6 is 0 Å². The Hall–Kier alpha value is -1.32. The van der Waals surface area contributed by atoms with Crippen molar-refractivity contribution >= 4 is 5.95 Å². The Morgan fingerprint density at radius 3 is 2.75 bits per heavy atom. The highest BCUT2D eigenvalue weighted by atomic mass is 16.1. The van der Waals surface area contributed by atoms with E-state index in [0.717, 1.165) is 12.5 Å². The molecule has 92 valence electrons. The molecule has 1 aromatic rings. The van der Waals surface area contributed by atoms with Crippen molar-refractivity contribution < 1.29 is 1.43 Å². The molecule has 1 N–H and O–H groups in total. The molecule has 0 atom stereocenters. The predicted molar refractivity (Wildman–Crippen MR) is 68.9 cm³/mol. The van der Waals surface area contributed by atoms with E-state index in [2.05, 4.69) is 10.3 Å². The molecular weight excluding hydrogens is 202 g/mol. The third-order valence-corrected chi connectivity index (χ3v) is 2.59. The Labute approximate surface area is 98.2 Å². The minimum Gasteiger partial charge on any atom is -0.355 e. The number of hydrogen-bond donors (Lipinski definition) is 1. The molecule has 0 aromatic carbocycles. The van der Waals surface area contributed by atoms with Gasteiger partial charge in [0.15, 0.2) is 0 Å². The van der Waals surface area contributed by atoms with E-state index in [1.165, 1.54) is 12.8 Å². The second-order valence-electron chi connectivity index (χ2n) is 3.95. The van der Waals surface area contributed by atoms with Crippen molar-refractivity contribution in [1.29, 1.82) is 0 Å². The number of nitrogens with one attached hydrogen (secondary N) is 1. The second kappa shape index (κ2) is 5.68. The zero-order chi connectivity index (χ0) is 12.1. The van der Waals surface area contributed by atoms with Crippen LogP contribution in [0.15, 0.2) is 11.0 Å². The van der Waals surface area contributed by atoms with Crippen LogP contribution < -0.4 is 10.9 Å². The number of nitrogens with zero attached hydrogens (tertiary/aromatic N) is 2. The minimum atomic E-state index is 0. The second-order valence-corrected chi connectivity index (χ2v) is 3.95. The minimum absolute atomic E-state index is 0.